The first-order valence-corrected chi connectivity index (χ1v) is 9.40. The molecule has 1 aromatic heterocycles. The summed E-state index contributed by atoms with van der Waals surface area (Å²) >= 11 is 1.28. The number of benzene rings is 1. The van der Waals surface area contributed by atoms with Gasteiger partial charge in [-0.3, -0.25) is 14.2 Å². The minimum Gasteiger partial charge on any atom is -0.293 e. The van der Waals surface area contributed by atoms with E-state index < -0.39 is 10.0 Å². The van der Waals surface area contributed by atoms with E-state index >= 15 is 0 Å². The molecule has 2 aromatic rings. The summed E-state index contributed by atoms with van der Waals surface area (Å²) in [5.41, 5.74) is 2.14. The largest absolute Gasteiger partial charge is 0.293 e. The van der Waals surface area contributed by atoms with Gasteiger partial charge in [-0.05, 0) is 30.2 Å². The van der Waals surface area contributed by atoms with Gasteiger partial charge in [-0.2, -0.15) is 5.10 Å². The van der Waals surface area contributed by atoms with Crippen LogP contribution >= 0.6 is 11.8 Å². The molecule has 0 spiro atoms. The van der Waals surface area contributed by atoms with Crippen LogP contribution in [0.3, 0.4) is 0 Å². The Hall–Kier alpha value is -1.87. The molecule has 0 aliphatic carbocycles. The molecule has 1 aliphatic rings. The van der Waals surface area contributed by atoms with Crippen LogP contribution in [0.15, 0.2) is 29.7 Å². The number of Topliss-reactive ketones (excluding diaryl/α,β-unsaturated/α-hetero) is 1. The van der Waals surface area contributed by atoms with Gasteiger partial charge in [0.1, 0.15) is 6.33 Å². The molecule has 1 aliphatic heterocycles. The number of sulfonamides is 1. The van der Waals surface area contributed by atoms with Crippen LogP contribution in [-0.4, -0.2) is 47.9 Å². The van der Waals surface area contributed by atoms with Crippen LogP contribution in [0.2, 0.25) is 0 Å². The van der Waals surface area contributed by atoms with E-state index in [-0.39, 0.29) is 11.5 Å². The number of fused-ring (bicyclic) bond motifs is 1. The van der Waals surface area contributed by atoms with E-state index in [1.807, 2.05) is 0 Å². The zero-order chi connectivity index (χ0) is 15.7. The van der Waals surface area contributed by atoms with E-state index in [9.17, 15) is 13.2 Å². The minimum absolute atomic E-state index is 0.0259. The first-order chi connectivity index (χ1) is 10.4. The number of nitrogens with zero attached hydrogens (tertiary/aromatic N) is 3. The first-order valence-electron chi connectivity index (χ1n) is 6.57. The lowest BCUT2D eigenvalue weighted by Gasteiger charge is -2.16. The molecule has 0 saturated heterocycles. The van der Waals surface area contributed by atoms with Crippen LogP contribution < -0.4 is 4.31 Å². The van der Waals surface area contributed by atoms with E-state index in [1.165, 1.54) is 28.7 Å². The van der Waals surface area contributed by atoms with Crippen molar-refractivity contribution in [2.45, 2.75) is 11.6 Å². The second-order valence-electron chi connectivity index (χ2n) is 4.93. The Morgan fingerprint density at radius 1 is 1.45 bits per heavy atom. The Morgan fingerprint density at radius 2 is 2.27 bits per heavy atom. The van der Waals surface area contributed by atoms with Gasteiger partial charge in [-0.1, -0.05) is 11.8 Å². The maximum atomic E-state index is 12.2. The smallest absolute Gasteiger partial charge is 0.232 e. The lowest BCUT2D eigenvalue weighted by Crippen LogP contribution is -2.27. The molecule has 116 valence electrons. The molecular weight excluding hydrogens is 324 g/mol. The Morgan fingerprint density at radius 3 is 2.95 bits per heavy atom. The number of aromatic nitrogens is 3. The van der Waals surface area contributed by atoms with Gasteiger partial charge in [0.05, 0.1) is 17.7 Å². The van der Waals surface area contributed by atoms with E-state index in [0.29, 0.717) is 29.4 Å². The molecule has 1 aromatic carbocycles. The van der Waals surface area contributed by atoms with Crippen LogP contribution in [0.4, 0.5) is 5.69 Å². The van der Waals surface area contributed by atoms with Crippen LogP contribution in [0.5, 0.6) is 0 Å². The molecule has 0 amide bonds. The van der Waals surface area contributed by atoms with Gasteiger partial charge in [0, 0.05) is 12.1 Å². The van der Waals surface area contributed by atoms with E-state index in [2.05, 4.69) is 15.2 Å². The highest BCUT2D eigenvalue weighted by atomic mass is 32.2. The summed E-state index contributed by atoms with van der Waals surface area (Å²) in [6, 6.07) is 5.16. The Labute approximate surface area is 132 Å². The molecule has 0 fully saturated rings. The van der Waals surface area contributed by atoms with Crippen molar-refractivity contribution in [2.24, 2.45) is 0 Å². The zero-order valence-corrected chi connectivity index (χ0v) is 13.4. The van der Waals surface area contributed by atoms with Crippen molar-refractivity contribution in [3.8, 4) is 0 Å². The zero-order valence-electron chi connectivity index (χ0n) is 11.8. The summed E-state index contributed by atoms with van der Waals surface area (Å²) in [6.07, 6.45) is 3.20. The average molecular weight is 338 g/mol. The second kappa shape index (κ2) is 5.73. The van der Waals surface area contributed by atoms with Gasteiger partial charge in [0.15, 0.2) is 10.9 Å². The molecule has 0 atom stereocenters. The fourth-order valence-electron chi connectivity index (χ4n) is 2.37. The molecule has 7 nitrogen and oxygen atoms in total. The lowest BCUT2D eigenvalue weighted by molar-refractivity contribution is 0.102. The highest BCUT2D eigenvalue weighted by Gasteiger charge is 2.26. The van der Waals surface area contributed by atoms with E-state index in [4.69, 9.17) is 0 Å². The van der Waals surface area contributed by atoms with Crippen molar-refractivity contribution in [1.82, 2.24) is 15.2 Å². The Bertz CT molecular complexity index is 803. The SMILES string of the molecule is CS(=O)(=O)N1CCc2cc(C(=O)CSc3ncn[nH]3)ccc21. The third kappa shape index (κ3) is 3.00. The number of hydrogen-bond donors (Lipinski definition) is 1. The third-order valence-electron chi connectivity index (χ3n) is 3.39. The Kier molecular flexibility index (Phi) is 3.92. The third-order valence-corrected chi connectivity index (χ3v) is 5.44. The summed E-state index contributed by atoms with van der Waals surface area (Å²) < 4.78 is 24.8. The molecule has 9 heteroatoms. The molecule has 22 heavy (non-hydrogen) atoms. The fourth-order valence-corrected chi connectivity index (χ4v) is 4.00. The standard InChI is InChI=1S/C13H14N4O3S2/c1-22(19,20)17-5-4-9-6-10(2-3-11(9)17)12(18)7-21-13-14-8-15-16-13/h2-3,6,8H,4-5,7H2,1H3,(H,14,15,16). The molecule has 2 heterocycles. The summed E-state index contributed by atoms with van der Waals surface area (Å²) in [5, 5.41) is 7.00. The fraction of sp³-hybridized carbons (Fsp3) is 0.308. The second-order valence-corrected chi connectivity index (χ2v) is 7.80. The first kappa shape index (κ1) is 15.0. The van der Waals surface area contributed by atoms with E-state index in [0.717, 1.165) is 5.56 Å². The van der Waals surface area contributed by atoms with Crippen molar-refractivity contribution < 1.29 is 13.2 Å². The van der Waals surface area contributed by atoms with Crippen LogP contribution in [0, 0.1) is 0 Å². The molecular formula is C13H14N4O3S2. The van der Waals surface area contributed by atoms with Crippen molar-refractivity contribution in [3.63, 3.8) is 0 Å². The monoisotopic (exact) mass is 338 g/mol. The van der Waals surface area contributed by atoms with Gasteiger partial charge in [0.25, 0.3) is 0 Å². The number of carbonyl (C=O) groups is 1. The van der Waals surface area contributed by atoms with Crippen molar-refractivity contribution >= 4 is 33.3 Å². The quantitative estimate of drug-likeness (QED) is 0.648. The number of carbonyl (C=O) groups excluding carboxylic acids is 1. The van der Waals surface area contributed by atoms with Gasteiger partial charge in [-0.25, -0.2) is 13.4 Å². The summed E-state index contributed by atoms with van der Waals surface area (Å²) in [6.45, 7) is 0.429. The maximum absolute atomic E-state index is 12.2. The van der Waals surface area contributed by atoms with Gasteiger partial charge in [0.2, 0.25) is 10.0 Å². The lowest BCUT2D eigenvalue weighted by atomic mass is 10.1. The van der Waals surface area contributed by atoms with E-state index in [1.54, 1.807) is 18.2 Å². The van der Waals surface area contributed by atoms with Gasteiger partial charge in [-0.15, -0.1) is 0 Å². The molecule has 3 rings (SSSR count). The van der Waals surface area contributed by atoms with Crippen LogP contribution in [0.1, 0.15) is 15.9 Å². The summed E-state index contributed by atoms with van der Waals surface area (Å²) in [7, 11) is -3.26. The Balaban J connectivity index is 1.75. The van der Waals surface area contributed by atoms with Crippen molar-refractivity contribution in [2.75, 3.05) is 22.9 Å². The van der Waals surface area contributed by atoms with Crippen molar-refractivity contribution in [1.29, 1.82) is 0 Å². The molecule has 0 saturated carbocycles. The average Bonchev–Trinajstić information content (AvgIpc) is 3.12. The van der Waals surface area contributed by atoms with Gasteiger partial charge >= 0.3 is 0 Å². The number of rotatable bonds is 5. The number of thioether (sulfide) groups is 1. The number of nitrogens with one attached hydrogen (secondary N) is 1. The topological polar surface area (TPSA) is 96.0 Å². The number of anilines is 1. The van der Waals surface area contributed by atoms with Gasteiger partial charge < -0.3 is 0 Å². The minimum atomic E-state index is -3.26. The number of hydrogen-bond acceptors (Lipinski definition) is 6. The highest BCUT2D eigenvalue weighted by molar-refractivity contribution is 7.99. The number of H-pyrrole nitrogens is 1. The number of aromatic amines is 1. The summed E-state index contributed by atoms with van der Waals surface area (Å²) in [4.78, 5) is 16.2. The van der Waals surface area contributed by atoms with Crippen LogP contribution in [0.25, 0.3) is 0 Å². The van der Waals surface area contributed by atoms with Crippen LogP contribution in [-0.2, 0) is 16.4 Å². The highest BCUT2D eigenvalue weighted by Crippen LogP contribution is 2.31. The normalized spacial score (nSPS) is 14.1. The predicted octanol–water partition coefficient (Wildman–Crippen LogP) is 1.10. The maximum Gasteiger partial charge on any atom is 0.232 e. The molecule has 0 radical (unpaired) electrons. The summed E-state index contributed by atoms with van der Waals surface area (Å²) in [5.74, 6) is 0.228. The van der Waals surface area contributed by atoms with Crippen molar-refractivity contribution in [3.05, 3.63) is 35.7 Å². The number of ketones is 1. The molecule has 0 unspecified atom stereocenters. The molecule has 1 N–H and O–H groups in total. The molecule has 0 bridgehead atoms. The predicted molar refractivity (Wildman–Crippen MR) is 83.8 cm³/mol.